The molecule has 0 fully saturated rings. The van der Waals surface area contributed by atoms with Crippen LogP contribution in [0.3, 0.4) is 0 Å². The van der Waals surface area contributed by atoms with Gasteiger partial charge < -0.3 is 18.6 Å². The largest absolute Gasteiger partial charge is 0.493 e. The Morgan fingerprint density at radius 2 is 1.35 bits per heavy atom. The van der Waals surface area contributed by atoms with E-state index in [4.69, 9.17) is 18.6 Å². The van der Waals surface area contributed by atoms with Gasteiger partial charge in [-0.25, -0.2) is 0 Å². The Morgan fingerprint density at radius 3 is 1.94 bits per heavy atom. The van der Waals surface area contributed by atoms with Gasteiger partial charge >= 0.3 is 6.01 Å². The molecule has 34 heavy (non-hydrogen) atoms. The summed E-state index contributed by atoms with van der Waals surface area (Å²) < 4.78 is 21.6. The van der Waals surface area contributed by atoms with Crippen LogP contribution in [0.4, 0.5) is 6.01 Å². The van der Waals surface area contributed by atoms with Gasteiger partial charge in [0.2, 0.25) is 11.6 Å². The van der Waals surface area contributed by atoms with Gasteiger partial charge in [0, 0.05) is 22.3 Å². The van der Waals surface area contributed by atoms with E-state index in [1.165, 1.54) is 21.3 Å². The fraction of sp³-hybridized carbons (Fsp3) is 0.120. The van der Waals surface area contributed by atoms with Crippen molar-refractivity contribution < 1.29 is 28.2 Å². The highest BCUT2D eigenvalue weighted by atomic mass is 16.5. The SMILES string of the molecule is COc1cc(-c2nnc(NC(=O)c3ccc(C(=O)c4ccccc4)cc3)o2)cc(OC)c1OC. The van der Waals surface area contributed by atoms with Gasteiger partial charge in [-0.3, -0.25) is 14.9 Å². The van der Waals surface area contributed by atoms with Crippen LogP contribution in [0, 0.1) is 0 Å². The number of amides is 1. The van der Waals surface area contributed by atoms with Gasteiger partial charge in [0.05, 0.1) is 21.3 Å². The molecule has 9 nitrogen and oxygen atoms in total. The zero-order valence-corrected chi connectivity index (χ0v) is 18.7. The molecule has 0 spiro atoms. The molecule has 0 bridgehead atoms. The average molecular weight is 459 g/mol. The molecule has 0 radical (unpaired) electrons. The second-order valence-corrected chi connectivity index (χ2v) is 7.05. The first-order valence-electron chi connectivity index (χ1n) is 10.2. The minimum absolute atomic E-state index is 0.0850. The highest BCUT2D eigenvalue weighted by molar-refractivity contribution is 6.10. The standard InChI is InChI=1S/C25H21N3O6/c1-31-19-13-18(14-20(32-2)22(19)33-3)24-27-28-25(34-24)26-23(30)17-11-9-16(10-12-17)21(29)15-7-5-4-6-8-15/h4-14H,1-3H3,(H,26,28,30). The maximum Gasteiger partial charge on any atom is 0.322 e. The smallest absolute Gasteiger partial charge is 0.322 e. The molecule has 0 saturated heterocycles. The molecule has 1 aromatic heterocycles. The van der Waals surface area contributed by atoms with E-state index < -0.39 is 5.91 Å². The summed E-state index contributed by atoms with van der Waals surface area (Å²) in [6.45, 7) is 0. The first-order valence-corrected chi connectivity index (χ1v) is 10.2. The number of hydrogen-bond acceptors (Lipinski definition) is 8. The highest BCUT2D eigenvalue weighted by Crippen LogP contribution is 2.41. The third-order valence-electron chi connectivity index (χ3n) is 5.00. The number of carbonyl (C=O) groups excluding carboxylic acids is 2. The molecular formula is C25H21N3O6. The topological polar surface area (TPSA) is 113 Å². The van der Waals surface area contributed by atoms with Crippen LogP contribution in [-0.2, 0) is 0 Å². The highest BCUT2D eigenvalue weighted by Gasteiger charge is 2.19. The monoisotopic (exact) mass is 459 g/mol. The summed E-state index contributed by atoms with van der Waals surface area (Å²) in [4.78, 5) is 25.1. The van der Waals surface area contributed by atoms with Crippen LogP contribution in [0.15, 0.2) is 71.1 Å². The molecular weight excluding hydrogens is 438 g/mol. The van der Waals surface area contributed by atoms with Crippen molar-refractivity contribution >= 4 is 17.7 Å². The number of benzene rings is 3. The van der Waals surface area contributed by atoms with Gasteiger partial charge in [-0.1, -0.05) is 47.6 Å². The number of carbonyl (C=O) groups is 2. The van der Waals surface area contributed by atoms with E-state index in [0.717, 1.165) is 0 Å². The lowest BCUT2D eigenvalue weighted by Crippen LogP contribution is -2.12. The Kier molecular flexibility index (Phi) is 6.54. The van der Waals surface area contributed by atoms with Gasteiger partial charge in [-0.15, -0.1) is 5.10 Å². The Bertz CT molecular complexity index is 1290. The van der Waals surface area contributed by atoms with Gasteiger partial charge in [-0.2, -0.15) is 0 Å². The molecule has 0 aliphatic heterocycles. The lowest BCUT2D eigenvalue weighted by atomic mass is 10.0. The summed E-state index contributed by atoms with van der Waals surface area (Å²) in [7, 11) is 4.50. The van der Waals surface area contributed by atoms with Gasteiger partial charge in [0.15, 0.2) is 17.3 Å². The van der Waals surface area contributed by atoms with Crippen LogP contribution in [0.25, 0.3) is 11.5 Å². The first-order chi connectivity index (χ1) is 16.5. The van der Waals surface area contributed by atoms with Crippen LogP contribution in [0.5, 0.6) is 17.2 Å². The quantitative estimate of drug-likeness (QED) is 0.389. The molecule has 4 aromatic rings. The number of ketones is 1. The minimum atomic E-state index is -0.459. The fourth-order valence-electron chi connectivity index (χ4n) is 3.29. The molecule has 9 heteroatoms. The second kappa shape index (κ2) is 9.86. The summed E-state index contributed by atoms with van der Waals surface area (Å²) in [5, 5.41) is 10.4. The van der Waals surface area contributed by atoms with E-state index in [9.17, 15) is 9.59 Å². The van der Waals surface area contributed by atoms with E-state index >= 15 is 0 Å². The van der Waals surface area contributed by atoms with Crippen molar-refractivity contribution in [2.75, 3.05) is 26.6 Å². The Balaban J connectivity index is 1.49. The summed E-state index contributed by atoms with van der Waals surface area (Å²) in [6, 6.07) is 18.5. The fourth-order valence-corrected chi connectivity index (χ4v) is 3.29. The van der Waals surface area contributed by atoms with E-state index in [1.807, 2.05) is 6.07 Å². The van der Waals surface area contributed by atoms with Crippen molar-refractivity contribution in [2.24, 2.45) is 0 Å². The van der Waals surface area contributed by atoms with Gasteiger partial charge in [0.1, 0.15) is 0 Å². The van der Waals surface area contributed by atoms with Gasteiger partial charge in [-0.05, 0) is 24.3 Å². The second-order valence-electron chi connectivity index (χ2n) is 7.05. The Hall–Kier alpha value is -4.66. The lowest BCUT2D eigenvalue weighted by molar-refractivity contribution is 0.101. The zero-order chi connectivity index (χ0) is 24.1. The number of nitrogens with zero attached hydrogens (tertiary/aromatic N) is 2. The number of methoxy groups -OCH3 is 3. The summed E-state index contributed by atoms with van der Waals surface area (Å²) >= 11 is 0. The average Bonchev–Trinajstić information content (AvgIpc) is 3.36. The summed E-state index contributed by atoms with van der Waals surface area (Å²) in [5.74, 6) is 0.837. The molecule has 1 N–H and O–H groups in total. The van der Waals surface area contributed by atoms with Crippen LogP contribution in [0.1, 0.15) is 26.3 Å². The molecule has 0 aliphatic carbocycles. The van der Waals surface area contributed by atoms with Crippen molar-refractivity contribution in [3.63, 3.8) is 0 Å². The Morgan fingerprint density at radius 1 is 0.765 bits per heavy atom. The number of ether oxygens (including phenoxy) is 3. The van der Waals surface area contributed by atoms with E-state index in [-0.39, 0.29) is 17.7 Å². The zero-order valence-electron chi connectivity index (χ0n) is 18.7. The number of aromatic nitrogens is 2. The number of anilines is 1. The first kappa shape index (κ1) is 22.5. The van der Waals surface area contributed by atoms with E-state index in [1.54, 1.807) is 60.7 Å². The predicted octanol–water partition coefficient (Wildman–Crippen LogP) is 4.25. The van der Waals surface area contributed by atoms with E-state index in [2.05, 4.69) is 15.5 Å². The number of rotatable bonds is 8. The van der Waals surface area contributed by atoms with Crippen LogP contribution in [-0.4, -0.2) is 43.2 Å². The molecule has 0 unspecified atom stereocenters. The minimum Gasteiger partial charge on any atom is -0.493 e. The third-order valence-corrected chi connectivity index (χ3v) is 5.00. The molecule has 1 heterocycles. The maximum absolute atomic E-state index is 12.6. The molecule has 0 atom stereocenters. The van der Waals surface area contributed by atoms with Crippen molar-refractivity contribution in [1.82, 2.24) is 10.2 Å². The van der Waals surface area contributed by atoms with E-state index in [0.29, 0.717) is 39.5 Å². The normalized spacial score (nSPS) is 10.4. The van der Waals surface area contributed by atoms with Gasteiger partial charge in [0.25, 0.3) is 5.91 Å². The molecule has 4 rings (SSSR count). The molecule has 0 saturated carbocycles. The van der Waals surface area contributed by atoms with Crippen LogP contribution in [0.2, 0.25) is 0 Å². The summed E-state index contributed by atoms with van der Waals surface area (Å²) in [6.07, 6.45) is 0. The maximum atomic E-state index is 12.6. The molecule has 1 amide bonds. The van der Waals surface area contributed by atoms with Crippen molar-refractivity contribution in [1.29, 1.82) is 0 Å². The molecule has 0 aliphatic rings. The van der Waals surface area contributed by atoms with Crippen LogP contribution < -0.4 is 19.5 Å². The predicted molar refractivity (Wildman–Crippen MR) is 124 cm³/mol. The summed E-state index contributed by atoms with van der Waals surface area (Å²) in [5.41, 5.74) is 1.90. The van der Waals surface area contributed by atoms with Crippen molar-refractivity contribution in [2.45, 2.75) is 0 Å². The van der Waals surface area contributed by atoms with Crippen molar-refractivity contribution in [3.05, 3.63) is 83.4 Å². The number of hydrogen-bond donors (Lipinski definition) is 1. The Labute approximate surface area is 195 Å². The van der Waals surface area contributed by atoms with Crippen LogP contribution >= 0.6 is 0 Å². The van der Waals surface area contributed by atoms with Crippen molar-refractivity contribution in [3.8, 4) is 28.7 Å². The third kappa shape index (κ3) is 4.58. The lowest BCUT2D eigenvalue weighted by Gasteiger charge is -2.12. The molecule has 3 aromatic carbocycles. The molecule has 172 valence electrons. The number of nitrogens with one attached hydrogen (secondary N) is 1.